The Hall–Kier alpha value is -1.79. The maximum atomic E-state index is 12.7. The van der Waals surface area contributed by atoms with E-state index in [0.717, 1.165) is 29.5 Å². The fourth-order valence-corrected chi connectivity index (χ4v) is 7.47. The predicted molar refractivity (Wildman–Crippen MR) is 118 cm³/mol. The number of hydrogen-bond donors (Lipinski definition) is 3. The van der Waals surface area contributed by atoms with Crippen LogP contribution in [-0.2, 0) is 4.79 Å². The van der Waals surface area contributed by atoms with Crippen LogP contribution in [0.25, 0.3) is 0 Å². The Morgan fingerprint density at radius 1 is 1.07 bits per heavy atom. The van der Waals surface area contributed by atoms with Crippen LogP contribution in [0, 0.1) is 0 Å². The van der Waals surface area contributed by atoms with Crippen LogP contribution < -0.4 is 15.1 Å². The average Bonchev–Trinajstić information content (AvgIpc) is 2.70. The Kier molecular flexibility index (Phi) is 10.1. The third-order valence-electron chi connectivity index (χ3n) is 4.04. The molecule has 2 aromatic carbocycles. The molecule has 0 saturated carbocycles. The number of aliphatic carboxylic acids is 1. The molecule has 0 fully saturated rings. The summed E-state index contributed by atoms with van der Waals surface area (Å²) in [6.07, 6.45) is 2.81. The van der Waals surface area contributed by atoms with Crippen molar-refractivity contribution in [2.75, 3.05) is 18.9 Å². The summed E-state index contributed by atoms with van der Waals surface area (Å²) in [4.78, 5) is 23.4. The van der Waals surface area contributed by atoms with Gasteiger partial charge in [0.05, 0.1) is 0 Å². The molecule has 2 aromatic rings. The monoisotopic (exact) mass is 466 g/mol. The van der Waals surface area contributed by atoms with E-state index < -0.39 is 5.97 Å². The van der Waals surface area contributed by atoms with Crippen LogP contribution in [0.4, 0.5) is 5.69 Å². The summed E-state index contributed by atoms with van der Waals surface area (Å²) in [6.45, 7) is 0.873. The first kappa shape index (κ1) is 22.5. The number of nitrogens with one attached hydrogen (secondary N) is 2. The third-order valence-corrected chi connectivity index (χ3v) is 9.18. The third kappa shape index (κ3) is 8.07. The molecule has 1 atom stereocenters. The summed E-state index contributed by atoms with van der Waals surface area (Å²) in [7, 11) is 3.80. The summed E-state index contributed by atoms with van der Waals surface area (Å²) in [5.41, 5.74) is 1.50. The number of para-hydroxylation sites is 1. The van der Waals surface area contributed by atoms with Crippen LogP contribution >= 0.6 is 10.2 Å². The topological polar surface area (TPSA) is 78.4 Å². The number of carboxylic acids is 1. The van der Waals surface area contributed by atoms with E-state index in [1.165, 1.54) is 0 Å². The Morgan fingerprint density at radius 3 is 2.50 bits per heavy atom. The molecule has 0 aliphatic rings. The molecule has 0 radical (unpaired) electrons. The van der Waals surface area contributed by atoms with Gasteiger partial charge in [0.25, 0.3) is 0 Å². The first-order chi connectivity index (χ1) is 13.6. The second kappa shape index (κ2) is 12.6. The molecule has 1 amide bonds. The molecule has 0 aliphatic heterocycles. The minimum absolute atomic E-state index is 0.0871. The van der Waals surface area contributed by atoms with E-state index >= 15 is 0 Å². The first-order valence-corrected chi connectivity index (χ1v) is 13.0. The summed E-state index contributed by atoms with van der Waals surface area (Å²) >= 11 is 0.0962. The number of carbonyl (C=O) groups is 2. The zero-order valence-electron chi connectivity index (χ0n) is 15.9. The van der Waals surface area contributed by atoms with Gasteiger partial charge in [-0.2, -0.15) is 0 Å². The molecule has 0 aliphatic carbocycles. The van der Waals surface area contributed by atoms with Gasteiger partial charge in [0.1, 0.15) is 0 Å². The Balaban J connectivity index is 1.94. The SMILES string of the molecule is CNCC(CCCCC(=O)O)S[Se]c1ccccc1C(=O)Nc1ccccc1. The Labute approximate surface area is 175 Å². The second-order valence-electron chi connectivity index (χ2n) is 6.32. The molecule has 3 N–H and O–H groups in total. The van der Waals surface area contributed by atoms with Crippen LogP contribution in [0.15, 0.2) is 54.6 Å². The van der Waals surface area contributed by atoms with Crippen molar-refractivity contribution < 1.29 is 14.7 Å². The van der Waals surface area contributed by atoms with Gasteiger partial charge >= 0.3 is 176 Å². The van der Waals surface area contributed by atoms with Crippen molar-refractivity contribution >= 4 is 46.0 Å². The zero-order valence-corrected chi connectivity index (χ0v) is 18.4. The molecule has 0 spiro atoms. The van der Waals surface area contributed by atoms with Crippen LogP contribution in [-0.4, -0.2) is 49.7 Å². The normalized spacial score (nSPS) is 11.8. The van der Waals surface area contributed by atoms with E-state index in [1.807, 2.05) is 71.8 Å². The van der Waals surface area contributed by atoms with Gasteiger partial charge in [-0.25, -0.2) is 0 Å². The van der Waals surface area contributed by atoms with Crippen molar-refractivity contribution in [2.45, 2.75) is 30.9 Å². The maximum absolute atomic E-state index is 12.7. The second-order valence-corrected chi connectivity index (χ2v) is 10.5. The van der Waals surface area contributed by atoms with Gasteiger partial charge < -0.3 is 0 Å². The van der Waals surface area contributed by atoms with E-state index in [-0.39, 0.29) is 26.2 Å². The first-order valence-electron chi connectivity index (χ1n) is 9.25. The number of amides is 1. The standard InChI is InChI=1S/C21H26N2O3SSe/c1-22-15-17(11-5-8-14-20(24)25)27-28-19-13-7-6-12-18(19)21(26)23-16-9-3-2-4-10-16/h2-4,6-7,9-10,12-13,17,22H,5,8,11,14-15H2,1H3,(H,23,26)(H,24,25). The molecular weight excluding hydrogens is 439 g/mol. The van der Waals surface area contributed by atoms with Crippen LogP contribution in [0.2, 0.25) is 0 Å². The molecule has 0 heterocycles. The van der Waals surface area contributed by atoms with Gasteiger partial charge in [-0.15, -0.1) is 0 Å². The van der Waals surface area contributed by atoms with Crippen LogP contribution in [0.1, 0.15) is 36.0 Å². The van der Waals surface area contributed by atoms with E-state index in [0.29, 0.717) is 17.2 Å². The molecule has 150 valence electrons. The van der Waals surface area contributed by atoms with Gasteiger partial charge in [-0.1, -0.05) is 0 Å². The number of unbranched alkanes of at least 4 members (excludes halogenated alkanes) is 1. The average molecular weight is 465 g/mol. The molecular formula is C21H26N2O3SSe. The molecule has 0 saturated heterocycles. The Morgan fingerprint density at radius 2 is 1.79 bits per heavy atom. The predicted octanol–water partition coefficient (Wildman–Crippen LogP) is 3.15. The molecule has 1 unspecified atom stereocenters. The number of hydrogen-bond acceptors (Lipinski definition) is 4. The quantitative estimate of drug-likeness (QED) is 0.332. The summed E-state index contributed by atoms with van der Waals surface area (Å²) < 4.78 is 1.07. The molecule has 0 aromatic heterocycles. The van der Waals surface area contributed by atoms with Gasteiger partial charge in [0, 0.05) is 0 Å². The minimum atomic E-state index is -0.736. The van der Waals surface area contributed by atoms with E-state index in [4.69, 9.17) is 5.11 Å². The summed E-state index contributed by atoms with van der Waals surface area (Å²) in [6, 6.07) is 17.2. The van der Waals surface area contributed by atoms with Crippen molar-refractivity contribution in [2.24, 2.45) is 0 Å². The van der Waals surface area contributed by atoms with Crippen LogP contribution in [0.3, 0.4) is 0 Å². The Bertz CT molecular complexity index is 758. The van der Waals surface area contributed by atoms with Crippen molar-refractivity contribution in [1.82, 2.24) is 5.32 Å². The van der Waals surface area contributed by atoms with Gasteiger partial charge in [0.2, 0.25) is 0 Å². The summed E-state index contributed by atoms with van der Waals surface area (Å²) in [5.74, 6) is -0.823. The van der Waals surface area contributed by atoms with Gasteiger partial charge in [-0.3, -0.25) is 0 Å². The zero-order chi connectivity index (χ0) is 20.2. The number of carboxylic acid groups (broad SMARTS) is 1. The van der Waals surface area contributed by atoms with Gasteiger partial charge in [0.15, 0.2) is 0 Å². The number of carbonyl (C=O) groups excluding carboxylic acids is 1. The van der Waals surface area contributed by atoms with E-state index in [2.05, 4.69) is 10.6 Å². The van der Waals surface area contributed by atoms with E-state index in [9.17, 15) is 9.59 Å². The molecule has 2 rings (SSSR count). The van der Waals surface area contributed by atoms with Crippen molar-refractivity contribution in [3.05, 3.63) is 60.2 Å². The number of anilines is 1. The van der Waals surface area contributed by atoms with Crippen molar-refractivity contribution in [3.63, 3.8) is 0 Å². The van der Waals surface area contributed by atoms with Gasteiger partial charge in [-0.05, 0) is 0 Å². The molecule has 0 bridgehead atoms. The fraction of sp³-hybridized carbons (Fsp3) is 0.333. The molecule has 7 heteroatoms. The van der Waals surface area contributed by atoms with Crippen molar-refractivity contribution in [1.29, 1.82) is 0 Å². The number of benzene rings is 2. The summed E-state index contributed by atoms with van der Waals surface area (Å²) in [5, 5.41) is 15.4. The van der Waals surface area contributed by atoms with E-state index in [1.54, 1.807) is 0 Å². The number of rotatable bonds is 12. The molecule has 28 heavy (non-hydrogen) atoms. The molecule has 5 nitrogen and oxygen atoms in total. The van der Waals surface area contributed by atoms with Crippen molar-refractivity contribution in [3.8, 4) is 0 Å². The fourth-order valence-electron chi connectivity index (χ4n) is 2.63. The van der Waals surface area contributed by atoms with Crippen LogP contribution in [0.5, 0.6) is 0 Å².